The fraction of sp³-hybridized carbons (Fsp3) is 0.533. The minimum Gasteiger partial charge on any atom is -0.469 e. The van der Waals surface area contributed by atoms with E-state index in [9.17, 15) is 4.79 Å². The van der Waals surface area contributed by atoms with Crippen molar-refractivity contribution in [3.05, 3.63) is 28.8 Å². The maximum absolute atomic E-state index is 11.1. The van der Waals surface area contributed by atoms with Crippen LogP contribution in [0.25, 0.3) is 0 Å². The maximum Gasteiger partial charge on any atom is 0.305 e. The van der Waals surface area contributed by atoms with Crippen molar-refractivity contribution in [3.8, 4) is 0 Å². The van der Waals surface area contributed by atoms with Crippen LogP contribution in [0.2, 0.25) is 0 Å². The Morgan fingerprint density at radius 3 is 2.50 bits per heavy atom. The number of rotatable bonds is 5. The lowest BCUT2D eigenvalue weighted by Crippen LogP contribution is -2.20. The van der Waals surface area contributed by atoms with Crippen LogP contribution < -0.4 is 4.90 Å². The average molecular weight is 249 g/mol. The number of anilines is 1. The van der Waals surface area contributed by atoms with Crippen molar-refractivity contribution < 1.29 is 9.53 Å². The van der Waals surface area contributed by atoms with Crippen molar-refractivity contribution in [1.29, 1.82) is 0 Å². The quantitative estimate of drug-likeness (QED) is 0.751. The average Bonchev–Trinajstić information content (AvgIpc) is 2.35. The molecule has 0 atom stereocenters. The van der Waals surface area contributed by atoms with Crippen LogP contribution in [-0.2, 0) is 9.53 Å². The molecule has 0 amide bonds. The van der Waals surface area contributed by atoms with Gasteiger partial charge in [-0.25, -0.2) is 0 Å². The molecule has 0 unspecified atom stereocenters. The first-order valence-electron chi connectivity index (χ1n) is 6.32. The van der Waals surface area contributed by atoms with Crippen molar-refractivity contribution in [3.63, 3.8) is 0 Å². The molecule has 0 aliphatic heterocycles. The van der Waals surface area contributed by atoms with Gasteiger partial charge in [0.25, 0.3) is 0 Å². The molecule has 1 rings (SSSR count). The molecular formula is C15H23NO2. The van der Waals surface area contributed by atoms with E-state index in [2.05, 4.69) is 49.6 Å². The van der Waals surface area contributed by atoms with E-state index >= 15 is 0 Å². The van der Waals surface area contributed by atoms with Crippen LogP contribution in [0.1, 0.15) is 29.5 Å². The highest BCUT2D eigenvalue weighted by Crippen LogP contribution is 2.24. The molecule has 0 spiro atoms. The van der Waals surface area contributed by atoms with Crippen LogP contribution in [0.4, 0.5) is 5.69 Å². The van der Waals surface area contributed by atoms with E-state index in [1.165, 1.54) is 29.5 Å². The number of benzene rings is 1. The number of aryl methyl sites for hydroxylation is 1. The van der Waals surface area contributed by atoms with E-state index in [-0.39, 0.29) is 5.97 Å². The lowest BCUT2D eigenvalue weighted by Gasteiger charge is -2.23. The summed E-state index contributed by atoms with van der Waals surface area (Å²) >= 11 is 0. The second-order valence-corrected chi connectivity index (χ2v) is 4.75. The summed E-state index contributed by atoms with van der Waals surface area (Å²) in [5.74, 6) is -0.139. The second-order valence-electron chi connectivity index (χ2n) is 4.75. The zero-order valence-electron chi connectivity index (χ0n) is 12.0. The van der Waals surface area contributed by atoms with E-state index in [1.54, 1.807) is 0 Å². The SMILES string of the molecule is COC(=O)CCCN(C)c1ccc(C)c(C)c1C. The van der Waals surface area contributed by atoms with Gasteiger partial charge in [-0.2, -0.15) is 0 Å². The third-order valence-corrected chi connectivity index (χ3v) is 3.54. The summed E-state index contributed by atoms with van der Waals surface area (Å²) in [5.41, 5.74) is 5.21. The highest BCUT2D eigenvalue weighted by Gasteiger charge is 2.08. The molecule has 0 bridgehead atoms. The van der Waals surface area contributed by atoms with Crippen molar-refractivity contribution >= 4 is 11.7 Å². The summed E-state index contributed by atoms with van der Waals surface area (Å²) in [5, 5.41) is 0. The summed E-state index contributed by atoms with van der Waals surface area (Å²) in [6.45, 7) is 7.28. The fourth-order valence-corrected chi connectivity index (χ4v) is 2.04. The Labute approximate surface area is 110 Å². The first kappa shape index (κ1) is 14.6. The smallest absolute Gasteiger partial charge is 0.305 e. The third-order valence-electron chi connectivity index (χ3n) is 3.54. The summed E-state index contributed by atoms with van der Waals surface area (Å²) in [4.78, 5) is 13.3. The van der Waals surface area contributed by atoms with Crippen molar-refractivity contribution in [2.75, 3.05) is 25.6 Å². The molecule has 1 aromatic rings. The largest absolute Gasteiger partial charge is 0.469 e. The Morgan fingerprint density at radius 2 is 1.89 bits per heavy atom. The van der Waals surface area contributed by atoms with Crippen LogP contribution in [0.15, 0.2) is 12.1 Å². The van der Waals surface area contributed by atoms with Gasteiger partial charge in [0.1, 0.15) is 0 Å². The minimum atomic E-state index is -0.139. The first-order chi connectivity index (χ1) is 8.47. The zero-order valence-corrected chi connectivity index (χ0v) is 12.0. The summed E-state index contributed by atoms with van der Waals surface area (Å²) < 4.78 is 4.64. The van der Waals surface area contributed by atoms with Crippen molar-refractivity contribution in [1.82, 2.24) is 0 Å². The summed E-state index contributed by atoms with van der Waals surface area (Å²) in [7, 11) is 3.49. The molecule has 0 radical (unpaired) electrons. The monoisotopic (exact) mass is 249 g/mol. The van der Waals surface area contributed by atoms with E-state index in [0.29, 0.717) is 6.42 Å². The standard InChI is InChI=1S/C15H23NO2/c1-11-8-9-14(13(3)12(11)2)16(4)10-6-7-15(17)18-5/h8-9H,6-7,10H2,1-5H3. The number of nitrogens with zero attached hydrogens (tertiary/aromatic N) is 1. The normalized spacial score (nSPS) is 10.3. The van der Waals surface area contributed by atoms with E-state index < -0.39 is 0 Å². The van der Waals surface area contributed by atoms with Gasteiger partial charge in [-0.05, 0) is 49.9 Å². The molecule has 0 heterocycles. The number of hydrogen-bond donors (Lipinski definition) is 0. The van der Waals surface area contributed by atoms with Gasteiger partial charge in [-0.3, -0.25) is 4.79 Å². The van der Waals surface area contributed by atoms with Gasteiger partial charge in [0.2, 0.25) is 0 Å². The van der Waals surface area contributed by atoms with E-state index in [0.717, 1.165) is 13.0 Å². The molecule has 0 saturated carbocycles. The van der Waals surface area contributed by atoms with E-state index in [4.69, 9.17) is 0 Å². The molecular weight excluding hydrogens is 226 g/mol. The molecule has 0 aliphatic rings. The molecule has 3 nitrogen and oxygen atoms in total. The molecule has 18 heavy (non-hydrogen) atoms. The van der Waals surface area contributed by atoms with Crippen LogP contribution >= 0.6 is 0 Å². The van der Waals surface area contributed by atoms with Crippen molar-refractivity contribution in [2.45, 2.75) is 33.6 Å². The summed E-state index contributed by atoms with van der Waals surface area (Å²) in [6.07, 6.45) is 1.29. The Balaban J connectivity index is 2.65. The first-order valence-corrected chi connectivity index (χ1v) is 6.32. The number of ether oxygens (including phenoxy) is 1. The Morgan fingerprint density at radius 1 is 1.22 bits per heavy atom. The molecule has 0 fully saturated rings. The van der Waals surface area contributed by atoms with E-state index in [1.807, 2.05) is 0 Å². The number of hydrogen-bond acceptors (Lipinski definition) is 3. The van der Waals surface area contributed by atoms with Gasteiger partial charge in [0.05, 0.1) is 7.11 Å². The van der Waals surface area contributed by atoms with Crippen LogP contribution in [-0.4, -0.2) is 26.7 Å². The zero-order chi connectivity index (χ0) is 13.7. The van der Waals surface area contributed by atoms with Gasteiger partial charge >= 0.3 is 5.97 Å². The van der Waals surface area contributed by atoms with Gasteiger partial charge in [0, 0.05) is 25.7 Å². The third kappa shape index (κ3) is 3.49. The number of carbonyl (C=O) groups excluding carboxylic acids is 1. The predicted molar refractivity (Wildman–Crippen MR) is 75.2 cm³/mol. The highest BCUT2D eigenvalue weighted by molar-refractivity contribution is 5.69. The Kier molecular flexibility index (Phi) is 5.20. The predicted octanol–water partition coefficient (Wildman–Crippen LogP) is 3.00. The lowest BCUT2D eigenvalue weighted by atomic mass is 10.0. The van der Waals surface area contributed by atoms with Gasteiger partial charge in [-0.15, -0.1) is 0 Å². The number of methoxy groups -OCH3 is 1. The van der Waals surface area contributed by atoms with Crippen molar-refractivity contribution in [2.24, 2.45) is 0 Å². The minimum absolute atomic E-state index is 0.139. The molecule has 0 aromatic heterocycles. The van der Waals surface area contributed by atoms with Gasteiger partial charge < -0.3 is 9.64 Å². The fourth-order valence-electron chi connectivity index (χ4n) is 2.04. The van der Waals surface area contributed by atoms with Crippen LogP contribution in [0.5, 0.6) is 0 Å². The molecule has 0 N–H and O–H groups in total. The van der Waals surface area contributed by atoms with Gasteiger partial charge in [0.15, 0.2) is 0 Å². The molecule has 0 aliphatic carbocycles. The van der Waals surface area contributed by atoms with Crippen LogP contribution in [0.3, 0.4) is 0 Å². The number of carbonyl (C=O) groups is 1. The highest BCUT2D eigenvalue weighted by atomic mass is 16.5. The molecule has 3 heteroatoms. The van der Waals surface area contributed by atoms with Gasteiger partial charge in [-0.1, -0.05) is 6.07 Å². The second kappa shape index (κ2) is 6.43. The lowest BCUT2D eigenvalue weighted by molar-refractivity contribution is -0.140. The Hall–Kier alpha value is -1.51. The van der Waals surface area contributed by atoms with Crippen LogP contribution in [0, 0.1) is 20.8 Å². The molecule has 0 saturated heterocycles. The molecule has 1 aromatic carbocycles. The number of esters is 1. The topological polar surface area (TPSA) is 29.5 Å². The Bertz CT molecular complexity index is 427. The molecule has 100 valence electrons. The maximum atomic E-state index is 11.1. The summed E-state index contributed by atoms with van der Waals surface area (Å²) in [6, 6.07) is 4.30.